The molecular formula is C22H22N2O3. The zero-order chi connectivity index (χ0) is 19.1. The largest absolute Gasteiger partial charge is 0.497 e. The van der Waals surface area contributed by atoms with Gasteiger partial charge in [-0.2, -0.15) is 0 Å². The quantitative estimate of drug-likeness (QED) is 0.689. The number of nitrogens with one attached hydrogen (secondary N) is 1. The zero-order valence-corrected chi connectivity index (χ0v) is 15.4. The fraction of sp³-hybridized carbons (Fsp3) is 0.182. The van der Waals surface area contributed by atoms with Gasteiger partial charge in [0.05, 0.1) is 13.5 Å². The van der Waals surface area contributed by atoms with Gasteiger partial charge in [-0.3, -0.25) is 4.79 Å². The number of carbonyl (C=O) groups excluding carboxylic acids is 1. The van der Waals surface area contributed by atoms with Crippen molar-refractivity contribution < 1.29 is 14.3 Å². The molecule has 1 heterocycles. The molecule has 27 heavy (non-hydrogen) atoms. The average molecular weight is 362 g/mol. The standard InChI is InChI=1S/C22H22N2O3/c1-16-6-3-4-7-18(16)12-21(25)23-14-17-10-11-22(24-15-17)27-20-9-5-8-19(13-20)26-2/h3-11,13,15H,12,14H2,1-2H3,(H,23,25). The number of carbonyl (C=O) groups is 1. The lowest BCUT2D eigenvalue weighted by molar-refractivity contribution is -0.120. The maximum Gasteiger partial charge on any atom is 0.224 e. The molecule has 138 valence electrons. The summed E-state index contributed by atoms with van der Waals surface area (Å²) in [4.78, 5) is 16.4. The molecule has 3 aromatic rings. The Labute approximate surface area is 159 Å². The van der Waals surface area contributed by atoms with Crippen LogP contribution in [-0.4, -0.2) is 18.0 Å². The highest BCUT2D eigenvalue weighted by atomic mass is 16.5. The first-order valence-electron chi connectivity index (χ1n) is 8.72. The van der Waals surface area contributed by atoms with Crippen molar-refractivity contribution in [2.75, 3.05) is 7.11 Å². The molecule has 1 amide bonds. The van der Waals surface area contributed by atoms with Gasteiger partial charge in [-0.15, -0.1) is 0 Å². The van der Waals surface area contributed by atoms with E-state index in [-0.39, 0.29) is 5.91 Å². The van der Waals surface area contributed by atoms with E-state index in [4.69, 9.17) is 9.47 Å². The Bertz CT molecular complexity index is 907. The van der Waals surface area contributed by atoms with Crippen LogP contribution in [0.15, 0.2) is 66.9 Å². The Morgan fingerprint density at radius 3 is 2.59 bits per heavy atom. The maximum atomic E-state index is 12.1. The molecule has 0 aliphatic carbocycles. The summed E-state index contributed by atoms with van der Waals surface area (Å²) in [7, 11) is 1.61. The minimum absolute atomic E-state index is 0.0130. The first-order chi connectivity index (χ1) is 13.1. The summed E-state index contributed by atoms with van der Waals surface area (Å²) < 4.78 is 10.9. The van der Waals surface area contributed by atoms with Gasteiger partial charge >= 0.3 is 0 Å². The average Bonchev–Trinajstić information content (AvgIpc) is 2.69. The number of methoxy groups -OCH3 is 1. The minimum atomic E-state index is -0.0130. The van der Waals surface area contributed by atoms with Gasteiger partial charge in [0, 0.05) is 24.9 Å². The van der Waals surface area contributed by atoms with Gasteiger partial charge in [-0.1, -0.05) is 36.4 Å². The van der Waals surface area contributed by atoms with Crippen molar-refractivity contribution in [1.82, 2.24) is 10.3 Å². The predicted octanol–water partition coefficient (Wildman–Crippen LogP) is 4.05. The van der Waals surface area contributed by atoms with Crippen molar-refractivity contribution in [3.63, 3.8) is 0 Å². The van der Waals surface area contributed by atoms with Crippen LogP contribution in [0.2, 0.25) is 0 Å². The van der Waals surface area contributed by atoms with Gasteiger partial charge < -0.3 is 14.8 Å². The van der Waals surface area contributed by atoms with Crippen molar-refractivity contribution >= 4 is 5.91 Å². The molecule has 1 N–H and O–H groups in total. The molecule has 2 aromatic carbocycles. The number of hydrogen-bond acceptors (Lipinski definition) is 4. The first-order valence-corrected chi connectivity index (χ1v) is 8.72. The summed E-state index contributed by atoms with van der Waals surface area (Å²) in [6.45, 7) is 2.44. The second-order valence-electron chi connectivity index (χ2n) is 6.17. The number of rotatable bonds is 7. The van der Waals surface area contributed by atoms with Crippen LogP contribution < -0.4 is 14.8 Å². The van der Waals surface area contributed by atoms with Crippen molar-refractivity contribution in [3.8, 4) is 17.4 Å². The number of pyridine rings is 1. The number of nitrogens with zero attached hydrogens (tertiary/aromatic N) is 1. The number of amides is 1. The fourth-order valence-electron chi connectivity index (χ4n) is 2.61. The number of aryl methyl sites for hydroxylation is 1. The molecule has 0 atom stereocenters. The molecule has 3 rings (SSSR count). The molecule has 5 heteroatoms. The molecule has 0 fully saturated rings. The maximum absolute atomic E-state index is 12.1. The van der Waals surface area contributed by atoms with Gasteiger partial charge in [0.2, 0.25) is 11.8 Å². The molecule has 0 bridgehead atoms. The van der Waals surface area contributed by atoms with Crippen LogP contribution in [0.25, 0.3) is 0 Å². The van der Waals surface area contributed by atoms with E-state index in [1.807, 2.05) is 55.5 Å². The van der Waals surface area contributed by atoms with Crippen molar-refractivity contribution in [3.05, 3.63) is 83.6 Å². The molecule has 0 aliphatic rings. The molecule has 0 saturated carbocycles. The van der Waals surface area contributed by atoms with Crippen LogP contribution in [0.5, 0.6) is 17.4 Å². The van der Waals surface area contributed by atoms with Crippen LogP contribution in [0.1, 0.15) is 16.7 Å². The highest BCUT2D eigenvalue weighted by Crippen LogP contribution is 2.23. The van der Waals surface area contributed by atoms with Gasteiger partial charge in [0.1, 0.15) is 11.5 Å². The topological polar surface area (TPSA) is 60.5 Å². The monoisotopic (exact) mass is 362 g/mol. The molecular weight excluding hydrogens is 340 g/mol. The first kappa shape index (κ1) is 18.5. The molecule has 0 unspecified atom stereocenters. The van der Waals surface area contributed by atoms with E-state index in [1.54, 1.807) is 25.4 Å². The molecule has 0 radical (unpaired) electrons. The van der Waals surface area contributed by atoms with Crippen LogP contribution in [0, 0.1) is 6.92 Å². The summed E-state index contributed by atoms with van der Waals surface area (Å²) in [5, 5.41) is 2.92. The van der Waals surface area contributed by atoms with Gasteiger partial charge in [-0.05, 0) is 35.7 Å². The van der Waals surface area contributed by atoms with E-state index in [2.05, 4.69) is 10.3 Å². The second-order valence-corrected chi connectivity index (χ2v) is 6.17. The third kappa shape index (κ3) is 5.31. The lowest BCUT2D eigenvalue weighted by Crippen LogP contribution is -2.24. The van der Waals surface area contributed by atoms with Crippen LogP contribution in [0.3, 0.4) is 0 Å². The molecule has 5 nitrogen and oxygen atoms in total. The van der Waals surface area contributed by atoms with Crippen molar-refractivity contribution in [2.45, 2.75) is 19.9 Å². The lowest BCUT2D eigenvalue weighted by Gasteiger charge is -2.09. The Morgan fingerprint density at radius 1 is 1.04 bits per heavy atom. The third-order valence-corrected chi connectivity index (χ3v) is 4.16. The summed E-state index contributed by atoms with van der Waals surface area (Å²) in [6, 6.07) is 18.9. The third-order valence-electron chi connectivity index (χ3n) is 4.16. The normalized spacial score (nSPS) is 10.3. The number of aromatic nitrogens is 1. The molecule has 0 aliphatic heterocycles. The van der Waals surface area contributed by atoms with E-state index >= 15 is 0 Å². The van der Waals surface area contributed by atoms with Crippen LogP contribution in [0.4, 0.5) is 0 Å². The Hall–Kier alpha value is -3.34. The van der Waals surface area contributed by atoms with E-state index in [9.17, 15) is 4.79 Å². The molecule has 0 spiro atoms. The van der Waals surface area contributed by atoms with Gasteiger partial charge in [0.25, 0.3) is 0 Å². The summed E-state index contributed by atoms with van der Waals surface area (Å²) in [5.41, 5.74) is 3.06. The Morgan fingerprint density at radius 2 is 1.85 bits per heavy atom. The number of ether oxygens (including phenoxy) is 2. The Balaban J connectivity index is 1.53. The SMILES string of the molecule is COc1cccc(Oc2ccc(CNC(=O)Cc3ccccc3C)cn2)c1. The summed E-state index contributed by atoms with van der Waals surface area (Å²) >= 11 is 0. The van der Waals surface area contributed by atoms with E-state index in [0.29, 0.717) is 24.6 Å². The number of hydrogen-bond donors (Lipinski definition) is 1. The highest BCUT2D eigenvalue weighted by Gasteiger charge is 2.06. The van der Waals surface area contributed by atoms with E-state index in [1.165, 1.54) is 0 Å². The van der Waals surface area contributed by atoms with E-state index in [0.717, 1.165) is 22.4 Å². The number of benzene rings is 2. The molecule has 0 saturated heterocycles. The minimum Gasteiger partial charge on any atom is -0.497 e. The van der Waals surface area contributed by atoms with Gasteiger partial charge in [0.15, 0.2) is 0 Å². The Kier molecular flexibility index (Phi) is 6.05. The van der Waals surface area contributed by atoms with E-state index < -0.39 is 0 Å². The summed E-state index contributed by atoms with van der Waals surface area (Å²) in [6.07, 6.45) is 2.07. The van der Waals surface area contributed by atoms with Crippen LogP contribution in [-0.2, 0) is 17.8 Å². The van der Waals surface area contributed by atoms with Crippen molar-refractivity contribution in [1.29, 1.82) is 0 Å². The lowest BCUT2D eigenvalue weighted by atomic mass is 10.1. The predicted molar refractivity (Wildman–Crippen MR) is 104 cm³/mol. The highest BCUT2D eigenvalue weighted by molar-refractivity contribution is 5.78. The smallest absolute Gasteiger partial charge is 0.224 e. The van der Waals surface area contributed by atoms with Crippen LogP contribution >= 0.6 is 0 Å². The fourth-order valence-corrected chi connectivity index (χ4v) is 2.61. The zero-order valence-electron chi connectivity index (χ0n) is 15.4. The molecule has 1 aromatic heterocycles. The van der Waals surface area contributed by atoms with Crippen molar-refractivity contribution in [2.24, 2.45) is 0 Å². The second kappa shape index (κ2) is 8.85. The van der Waals surface area contributed by atoms with Gasteiger partial charge in [-0.25, -0.2) is 4.98 Å². The summed E-state index contributed by atoms with van der Waals surface area (Å²) in [5.74, 6) is 1.85.